The van der Waals surface area contributed by atoms with Crippen molar-refractivity contribution in [3.05, 3.63) is 35.5 Å². The average Bonchev–Trinajstić information content (AvgIpc) is 3.59. The smallest absolute Gasteiger partial charge is 0.255 e. The van der Waals surface area contributed by atoms with Gasteiger partial charge in [0.05, 0.1) is 24.8 Å². The van der Waals surface area contributed by atoms with Crippen molar-refractivity contribution in [2.24, 2.45) is 11.7 Å². The van der Waals surface area contributed by atoms with Gasteiger partial charge in [-0.15, -0.1) is 0 Å². The fourth-order valence-electron chi connectivity index (χ4n) is 4.61. The van der Waals surface area contributed by atoms with E-state index in [9.17, 15) is 9.18 Å². The Bertz CT molecular complexity index is 1210. The fraction of sp³-hybridized carbons (Fsp3) is 0.480. The molecule has 9 heteroatoms. The minimum atomic E-state index is -0.503. The summed E-state index contributed by atoms with van der Waals surface area (Å²) in [6.45, 7) is 2.36. The number of aryl methyl sites for hydroxylation is 1. The van der Waals surface area contributed by atoms with Gasteiger partial charge in [0.1, 0.15) is 23.3 Å². The van der Waals surface area contributed by atoms with Crippen molar-refractivity contribution in [1.82, 2.24) is 20.3 Å². The number of nitrogens with one attached hydrogen (secondary N) is 2. The molecule has 0 radical (unpaired) electrons. The predicted molar refractivity (Wildman–Crippen MR) is 126 cm³/mol. The zero-order valence-corrected chi connectivity index (χ0v) is 19.5. The highest BCUT2D eigenvalue weighted by molar-refractivity contribution is 6.09. The van der Waals surface area contributed by atoms with Gasteiger partial charge in [-0.3, -0.25) is 4.79 Å². The molecule has 2 aromatic heterocycles. The van der Waals surface area contributed by atoms with Gasteiger partial charge >= 0.3 is 0 Å². The summed E-state index contributed by atoms with van der Waals surface area (Å²) < 4.78 is 25.7. The number of carbonyl (C=O) groups excluding carboxylic acids is 1. The topological polar surface area (TPSA) is 115 Å². The monoisotopic (exact) mass is 467 g/mol. The summed E-state index contributed by atoms with van der Waals surface area (Å²) in [7, 11) is 1.42. The highest BCUT2D eigenvalue weighted by Crippen LogP contribution is 2.39. The summed E-state index contributed by atoms with van der Waals surface area (Å²) in [6.07, 6.45) is 7.19. The Morgan fingerprint density at radius 1 is 1.18 bits per heavy atom. The Morgan fingerprint density at radius 2 is 1.94 bits per heavy atom. The van der Waals surface area contributed by atoms with Crippen molar-refractivity contribution in [1.29, 1.82) is 0 Å². The van der Waals surface area contributed by atoms with E-state index in [0.29, 0.717) is 51.8 Å². The number of rotatable bonds is 7. The van der Waals surface area contributed by atoms with Gasteiger partial charge in [0.2, 0.25) is 0 Å². The first kappa shape index (κ1) is 22.6. The van der Waals surface area contributed by atoms with Gasteiger partial charge in [0, 0.05) is 29.4 Å². The predicted octanol–water partition coefficient (Wildman–Crippen LogP) is 3.87. The van der Waals surface area contributed by atoms with Gasteiger partial charge in [0.25, 0.3) is 5.91 Å². The van der Waals surface area contributed by atoms with Crippen molar-refractivity contribution < 1.29 is 18.7 Å². The molecule has 0 saturated heterocycles. The lowest BCUT2D eigenvalue weighted by molar-refractivity contribution is 0.0927. The van der Waals surface area contributed by atoms with Crippen molar-refractivity contribution >= 4 is 16.9 Å². The summed E-state index contributed by atoms with van der Waals surface area (Å²) >= 11 is 0. The molecule has 2 saturated carbocycles. The van der Waals surface area contributed by atoms with Crippen LogP contribution in [0.3, 0.4) is 0 Å². The molecule has 0 spiro atoms. The molecule has 8 nitrogen and oxygen atoms in total. The van der Waals surface area contributed by atoms with Gasteiger partial charge in [-0.2, -0.15) is 0 Å². The van der Waals surface area contributed by atoms with Crippen LogP contribution in [0.2, 0.25) is 0 Å². The summed E-state index contributed by atoms with van der Waals surface area (Å²) in [6, 6.07) is 3.23. The molecule has 0 atom stereocenters. The molecule has 2 fully saturated rings. The van der Waals surface area contributed by atoms with Crippen LogP contribution in [0.1, 0.15) is 54.6 Å². The van der Waals surface area contributed by atoms with Gasteiger partial charge in [-0.1, -0.05) is 0 Å². The molecule has 2 aliphatic carbocycles. The van der Waals surface area contributed by atoms with Crippen LogP contribution in [0.15, 0.2) is 18.5 Å². The number of halogens is 1. The Labute approximate surface area is 197 Å². The third-order valence-electron chi connectivity index (χ3n) is 6.79. The molecule has 0 unspecified atom stereocenters. The van der Waals surface area contributed by atoms with E-state index in [0.717, 1.165) is 38.5 Å². The molecule has 180 valence electrons. The summed E-state index contributed by atoms with van der Waals surface area (Å²) in [5, 5.41) is 3.14. The number of carbonyl (C=O) groups is 1. The molecular weight excluding hydrogens is 437 g/mol. The molecule has 34 heavy (non-hydrogen) atoms. The molecule has 1 amide bonds. The normalized spacial score (nSPS) is 20.4. The Hall–Kier alpha value is -3.20. The van der Waals surface area contributed by atoms with Gasteiger partial charge in [0.15, 0.2) is 11.6 Å². The second-order valence-electron chi connectivity index (χ2n) is 9.39. The van der Waals surface area contributed by atoms with Gasteiger partial charge in [-0.25, -0.2) is 14.4 Å². The van der Waals surface area contributed by atoms with Crippen LogP contribution in [0.5, 0.6) is 11.5 Å². The van der Waals surface area contributed by atoms with E-state index in [-0.39, 0.29) is 23.7 Å². The third kappa shape index (κ3) is 4.44. The van der Waals surface area contributed by atoms with Crippen LogP contribution in [0, 0.1) is 18.7 Å². The second kappa shape index (κ2) is 9.21. The number of benzene rings is 1. The van der Waals surface area contributed by atoms with Crippen LogP contribution < -0.4 is 20.5 Å². The van der Waals surface area contributed by atoms with Crippen molar-refractivity contribution in [3.8, 4) is 22.8 Å². The van der Waals surface area contributed by atoms with Crippen molar-refractivity contribution in [3.63, 3.8) is 0 Å². The van der Waals surface area contributed by atoms with Gasteiger partial charge in [-0.05, 0) is 57.4 Å². The Kier molecular flexibility index (Phi) is 6.12. The number of H-pyrrole nitrogens is 1. The first-order valence-electron chi connectivity index (χ1n) is 11.8. The zero-order valence-electron chi connectivity index (χ0n) is 19.5. The molecule has 0 aliphatic heterocycles. The SMILES string of the molecule is COc1cc(-c2ncnc3c(C(=O)NC4CCC(N)CC4)c(C)[nH]c23)c(OCC2CC2)cc1F. The highest BCUT2D eigenvalue weighted by Gasteiger charge is 2.27. The number of hydrogen-bond acceptors (Lipinski definition) is 6. The number of ether oxygens (including phenoxy) is 2. The van der Waals surface area contributed by atoms with Crippen molar-refractivity contribution in [2.75, 3.05) is 13.7 Å². The van der Waals surface area contributed by atoms with Crippen LogP contribution in [-0.2, 0) is 0 Å². The second-order valence-corrected chi connectivity index (χ2v) is 9.39. The fourth-order valence-corrected chi connectivity index (χ4v) is 4.61. The first-order valence-corrected chi connectivity index (χ1v) is 11.8. The number of amides is 1. The molecule has 2 aliphatic rings. The molecule has 4 N–H and O–H groups in total. The number of aromatic nitrogens is 3. The molecule has 3 aromatic rings. The Morgan fingerprint density at radius 3 is 2.65 bits per heavy atom. The minimum absolute atomic E-state index is 0.0947. The van der Waals surface area contributed by atoms with E-state index in [2.05, 4.69) is 20.3 Å². The van der Waals surface area contributed by atoms with E-state index in [1.54, 1.807) is 6.07 Å². The van der Waals surface area contributed by atoms with Crippen molar-refractivity contribution in [2.45, 2.75) is 57.5 Å². The van der Waals surface area contributed by atoms with Crippen LogP contribution in [0.4, 0.5) is 4.39 Å². The van der Waals surface area contributed by atoms with Gasteiger partial charge < -0.3 is 25.5 Å². The summed E-state index contributed by atoms with van der Waals surface area (Å²) in [5.41, 5.74) is 9.41. The zero-order chi connectivity index (χ0) is 23.8. The number of nitrogens with two attached hydrogens (primary N) is 1. The minimum Gasteiger partial charge on any atom is -0.494 e. The van der Waals surface area contributed by atoms with E-state index in [4.69, 9.17) is 15.2 Å². The van der Waals surface area contributed by atoms with Crippen LogP contribution in [0.25, 0.3) is 22.3 Å². The molecular formula is C25H30FN5O3. The highest BCUT2D eigenvalue weighted by atomic mass is 19.1. The summed E-state index contributed by atoms with van der Waals surface area (Å²) in [4.78, 5) is 25.4. The number of fused-ring (bicyclic) bond motifs is 1. The van der Waals surface area contributed by atoms with Crippen LogP contribution in [-0.4, -0.2) is 46.7 Å². The lowest BCUT2D eigenvalue weighted by Crippen LogP contribution is -2.40. The molecule has 0 bridgehead atoms. The first-order chi connectivity index (χ1) is 16.4. The number of aromatic amines is 1. The lowest BCUT2D eigenvalue weighted by atomic mass is 9.91. The van der Waals surface area contributed by atoms with E-state index >= 15 is 0 Å². The number of nitrogens with zero attached hydrogens (tertiary/aromatic N) is 2. The quantitative estimate of drug-likeness (QED) is 0.486. The van der Waals surface area contributed by atoms with Crippen LogP contribution >= 0.6 is 0 Å². The standard InChI is InChI=1S/C25H30FN5O3/c1-13-21(25(32)31-16-7-5-15(27)6-8-16)23-24(30-13)22(28-12-29-23)17-9-20(33-2)18(26)10-19(17)34-11-14-3-4-14/h9-10,12,14-16,30H,3-8,11,27H2,1-2H3,(H,31,32). The largest absolute Gasteiger partial charge is 0.494 e. The maximum Gasteiger partial charge on any atom is 0.255 e. The summed E-state index contributed by atoms with van der Waals surface area (Å²) in [5.74, 6) is 0.313. The number of hydrogen-bond donors (Lipinski definition) is 3. The maximum atomic E-state index is 14.5. The molecule has 5 rings (SSSR count). The third-order valence-corrected chi connectivity index (χ3v) is 6.79. The lowest BCUT2D eigenvalue weighted by Gasteiger charge is -2.26. The molecule has 1 aromatic carbocycles. The van der Waals surface area contributed by atoms with E-state index < -0.39 is 5.82 Å². The number of methoxy groups -OCH3 is 1. The molecule has 2 heterocycles. The maximum absolute atomic E-state index is 14.5. The van der Waals surface area contributed by atoms with E-state index in [1.165, 1.54) is 19.5 Å². The Balaban J connectivity index is 1.52. The average molecular weight is 468 g/mol. The van der Waals surface area contributed by atoms with E-state index in [1.807, 2.05) is 6.92 Å².